The third-order valence-electron chi connectivity index (χ3n) is 3.64. The molecule has 1 saturated heterocycles. The molecular formula is C18H33NO5. The van der Waals surface area contributed by atoms with Crippen molar-refractivity contribution in [1.82, 2.24) is 4.90 Å². The minimum atomic E-state index is -0.823. The lowest BCUT2D eigenvalue weighted by Gasteiger charge is -2.31. The minimum Gasteiger partial charge on any atom is -0.458 e. The van der Waals surface area contributed by atoms with Gasteiger partial charge in [-0.15, -0.1) is 0 Å². The van der Waals surface area contributed by atoms with E-state index in [-0.39, 0.29) is 18.4 Å². The summed E-state index contributed by atoms with van der Waals surface area (Å²) in [5.41, 5.74) is -1.33. The SMILES string of the molecule is CC(C)C[C@H]1[C@@H](C(=O)OC(C)(C)C)N(C(=O)OC(C)(C)C)C[C@@H]1O. The highest BCUT2D eigenvalue weighted by atomic mass is 16.6. The van der Waals surface area contributed by atoms with Crippen molar-refractivity contribution >= 4 is 12.1 Å². The van der Waals surface area contributed by atoms with E-state index in [0.717, 1.165) is 0 Å². The predicted molar refractivity (Wildman–Crippen MR) is 91.5 cm³/mol. The molecule has 0 unspecified atom stereocenters. The number of rotatable bonds is 3. The zero-order chi connectivity index (χ0) is 18.9. The zero-order valence-corrected chi connectivity index (χ0v) is 16.3. The van der Waals surface area contributed by atoms with E-state index in [1.807, 2.05) is 13.8 Å². The fourth-order valence-electron chi connectivity index (χ4n) is 2.90. The predicted octanol–water partition coefficient (Wildman–Crippen LogP) is 2.97. The molecule has 1 rings (SSSR count). The lowest BCUT2D eigenvalue weighted by Crippen LogP contribution is -2.48. The molecule has 0 bridgehead atoms. The summed E-state index contributed by atoms with van der Waals surface area (Å²) < 4.78 is 10.9. The molecule has 1 aliphatic rings. The van der Waals surface area contributed by atoms with Crippen LogP contribution in [-0.2, 0) is 14.3 Å². The van der Waals surface area contributed by atoms with Gasteiger partial charge in [-0.05, 0) is 53.9 Å². The maximum absolute atomic E-state index is 12.7. The van der Waals surface area contributed by atoms with Crippen molar-refractivity contribution in [1.29, 1.82) is 0 Å². The van der Waals surface area contributed by atoms with Crippen LogP contribution in [0.2, 0.25) is 0 Å². The number of hydrogen-bond acceptors (Lipinski definition) is 5. The van der Waals surface area contributed by atoms with Gasteiger partial charge in [0.2, 0.25) is 0 Å². The first-order valence-corrected chi connectivity index (χ1v) is 8.62. The molecule has 0 aromatic carbocycles. The first-order chi connectivity index (χ1) is 10.7. The van der Waals surface area contributed by atoms with Gasteiger partial charge in [0, 0.05) is 5.92 Å². The molecule has 24 heavy (non-hydrogen) atoms. The minimum absolute atomic E-state index is 0.0796. The Kier molecular flexibility index (Phi) is 6.31. The van der Waals surface area contributed by atoms with Gasteiger partial charge in [0.05, 0.1) is 12.6 Å². The van der Waals surface area contributed by atoms with Crippen LogP contribution in [0.3, 0.4) is 0 Å². The van der Waals surface area contributed by atoms with Gasteiger partial charge >= 0.3 is 12.1 Å². The second-order valence-electron chi connectivity index (χ2n) is 8.97. The van der Waals surface area contributed by atoms with E-state index < -0.39 is 35.4 Å². The number of amides is 1. The van der Waals surface area contributed by atoms with Crippen LogP contribution in [0.1, 0.15) is 61.8 Å². The van der Waals surface area contributed by atoms with Crippen molar-refractivity contribution in [2.75, 3.05) is 6.54 Å². The van der Waals surface area contributed by atoms with Gasteiger partial charge in [-0.1, -0.05) is 13.8 Å². The number of aliphatic hydroxyl groups excluding tert-OH is 1. The quantitative estimate of drug-likeness (QED) is 0.797. The number of β-amino-alcohol motifs (C(OH)–C–C–N with tert-alkyl or cyclic N) is 1. The summed E-state index contributed by atoms with van der Waals surface area (Å²) in [5, 5.41) is 10.4. The number of aliphatic hydroxyl groups is 1. The average Bonchev–Trinajstić information content (AvgIpc) is 2.62. The van der Waals surface area contributed by atoms with Crippen molar-refractivity contribution in [3.05, 3.63) is 0 Å². The Balaban J connectivity index is 3.07. The third kappa shape index (κ3) is 5.96. The van der Waals surface area contributed by atoms with E-state index in [9.17, 15) is 14.7 Å². The molecule has 1 aliphatic heterocycles. The normalized spacial score (nSPS) is 25.1. The number of hydrogen-bond donors (Lipinski definition) is 1. The lowest BCUT2D eigenvalue weighted by atomic mass is 9.89. The molecule has 1 fully saturated rings. The second-order valence-corrected chi connectivity index (χ2v) is 8.97. The van der Waals surface area contributed by atoms with E-state index >= 15 is 0 Å². The summed E-state index contributed by atoms with van der Waals surface area (Å²) in [7, 11) is 0. The van der Waals surface area contributed by atoms with Crippen LogP contribution in [0, 0.1) is 11.8 Å². The molecular weight excluding hydrogens is 310 g/mol. The van der Waals surface area contributed by atoms with E-state index in [2.05, 4.69) is 0 Å². The Morgan fingerprint density at radius 2 is 1.58 bits per heavy atom. The summed E-state index contributed by atoms with van der Waals surface area (Å²) in [6.07, 6.45) is -0.731. The highest BCUT2D eigenvalue weighted by Crippen LogP contribution is 2.33. The van der Waals surface area contributed by atoms with Gasteiger partial charge in [0.15, 0.2) is 0 Å². The molecule has 6 nitrogen and oxygen atoms in total. The van der Waals surface area contributed by atoms with Gasteiger partial charge < -0.3 is 14.6 Å². The van der Waals surface area contributed by atoms with Crippen LogP contribution >= 0.6 is 0 Å². The zero-order valence-electron chi connectivity index (χ0n) is 16.3. The molecule has 0 aliphatic carbocycles. The maximum atomic E-state index is 12.7. The van der Waals surface area contributed by atoms with E-state index in [1.165, 1.54) is 4.90 Å². The molecule has 3 atom stereocenters. The molecule has 0 spiro atoms. The maximum Gasteiger partial charge on any atom is 0.411 e. The number of nitrogens with zero attached hydrogens (tertiary/aromatic N) is 1. The number of ether oxygens (including phenoxy) is 2. The van der Waals surface area contributed by atoms with E-state index in [0.29, 0.717) is 6.42 Å². The molecule has 0 saturated carbocycles. The summed E-state index contributed by atoms with van der Waals surface area (Å²) in [4.78, 5) is 26.5. The van der Waals surface area contributed by atoms with Gasteiger partial charge in [-0.25, -0.2) is 9.59 Å². The van der Waals surface area contributed by atoms with Crippen molar-refractivity contribution in [3.8, 4) is 0 Å². The van der Waals surface area contributed by atoms with Gasteiger partial charge in [0.1, 0.15) is 17.2 Å². The molecule has 1 amide bonds. The Bertz CT molecular complexity index is 461. The smallest absolute Gasteiger partial charge is 0.411 e. The highest BCUT2D eigenvalue weighted by molar-refractivity contribution is 5.83. The Morgan fingerprint density at radius 1 is 1.08 bits per heavy atom. The molecule has 140 valence electrons. The fraction of sp³-hybridized carbons (Fsp3) is 0.889. The molecule has 1 N–H and O–H groups in total. The molecule has 0 radical (unpaired) electrons. The Morgan fingerprint density at radius 3 is 2.00 bits per heavy atom. The molecule has 6 heteroatoms. The third-order valence-corrected chi connectivity index (χ3v) is 3.64. The largest absolute Gasteiger partial charge is 0.458 e. The van der Waals surface area contributed by atoms with E-state index in [4.69, 9.17) is 9.47 Å². The fourth-order valence-corrected chi connectivity index (χ4v) is 2.90. The van der Waals surface area contributed by atoms with Gasteiger partial charge in [-0.3, -0.25) is 4.90 Å². The summed E-state index contributed by atoms with van der Waals surface area (Å²) in [6, 6.07) is -0.823. The number of esters is 1. The Hall–Kier alpha value is -1.30. The average molecular weight is 343 g/mol. The van der Waals surface area contributed by atoms with Crippen LogP contribution in [0.5, 0.6) is 0 Å². The lowest BCUT2D eigenvalue weighted by molar-refractivity contribution is -0.162. The number of carbonyl (C=O) groups excluding carboxylic acids is 2. The van der Waals surface area contributed by atoms with Crippen molar-refractivity contribution < 1.29 is 24.2 Å². The van der Waals surface area contributed by atoms with Crippen LogP contribution in [0.15, 0.2) is 0 Å². The Labute approximate surface area is 145 Å². The van der Waals surface area contributed by atoms with Crippen molar-refractivity contribution in [2.24, 2.45) is 11.8 Å². The summed E-state index contributed by atoms with van der Waals surface area (Å²) in [6.45, 7) is 14.8. The summed E-state index contributed by atoms with van der Waals surface area (Å²) in [5.74, 6) is -0.559. The molecule has 0 aromatic heterocycles. The molecule has 1 heterocycles. The number of carbonyl (C=O) groups is 2. The van der Waals surface area contributed by atoms with Crippen LogP contribution in [-0.4, -0.2) is 52.0 Å². The monoisotopic (exact) mass is 343 g/mol. The first-order valence-electron chi connectivity index (χ1n) is 8.62. The van der Waals surface area contributed by atoms with Crippen LogP contribution in [0.4, 0.5) is 4.79 Å². The number of likely N-dealkylation sites (tertiary alicyclic amines) is 1. The molecule has 0 aromatic rings. The topological polar surface area (TPSA) is 76.1 Å². The van der Waals surface area contributed by atoms with Crippen LogP contribution in [0.25, 0.3) is 0 Å². The standard InChI is InChI=1S/C18H33NO5/c1-11(2)9-12-13(20)10-19(16(22)24-18(6,7)8)14(12)15(21)23-17(3,4)5/h11-14,20H,9-10H2,1-8H3/t12-,13+,14+/m1/s1. The highest BCUT2D eigenvalue weighted by Gasteiger charge is 2.49. The van der Waals surface area contributed by atoms with Crippen LogP contribution < -0.4 is 0 Å². The van der Waals surface area contributed by atoms with Crippen molar-refractivity contribution in [2.45, 2.75) is 85.2 Å². The first kappa shape index (κ1) is 20.7. The summed E-state index contributed by atoms with van der Waals surface area (Å²) >= 11 is 0. The second kappa shape index (κ2) is 7.30. The van der Waals surface area contributed by atoms with E-state index in [1.54, 1.807) is 41.5 Å². The van der Waals surface area contributed by atoms with Crippen molar-refractivity contribution in [3.63, 3.8) is 0 Å². The van der Waals surface area contributed by atoms with Gasteiger partial charge in [-0.2, -0.15) is 0 Å². The van der Waals surface area contributed by atoms with Gasteiger partial charge in [0.25, 0.3) is 0 Å².